The predicted octanol–water partition coefficient (Wildman–Crippen LogP) is 3.24. The maximum absolute atomic E-state index is 6.00. The van der Waals surface area contributed by atoms with Crippen molar-refractivity contribution in [3.05, 3.63) is 18.2 Å². The van der Waals surface area contributed by atoms with Crippen LogP contribution in [0.3, 0.4) is 0 Å². The Morgan fingerprint density at radius 1 is 1.16 bits per heavy atom. The number of benzene rings is 1. The minimum absolute atomic E-state index is 0.255. The van der Waals surface area contributed by atoms with E-state index in [-0.39, 0.29) is 12.2 Å². The van der Waals surface area contributed by atoms with Gasteiger partial charge in [0.05, 0.1) is 25.0 Å². The highest BCUT2D eigenvalue weighted by atomic mass is 16.5. The normalized spacial score (nSPS) is 30.2. The van der Waals surface area contributed by atoms with E-state index in [1.807, 2.05) is 0 Å². The summed E-state index contributed by atoms with van der Waals surface area (Å²) in [5, 5.41) is 3.59. The lowest BCUT2D eigenvalue weighted by atomic mass is 9.86. The monoisotopic (exact) mass is 347 g/mol. The summed E-state index contributed by atoms with van der Waals surface area (Å²) in [5.41, 5.74) is 8.28. The first-order valence-corrected chi connectivity index (χ1v) is 9.63. The van der Waals surface area contributed by atoms with Gasteiger partial charge in [-0.15, -0.1) is 0 Å². The molecule has 3 N–H and O–H groups in total. The molecule has 140 valence electrons. The summed E-state index contributed by atoms with van der Waals surface area (Å²) in [6.45, 7) is 7.09. The highest BCUT2D eigenvalue weighted by Crippen LogP contribution is 2.32. The molecule has 1 heterocycles. The van der Waals surface area contributed by atoms with Gasteiger partial charge in [0.15, 0.2) is 0 Å². The average Bonchev–Trinajstić information content (AvgIpc) is 2.60. The summed E-state index contributed by atoms with van der Waals surface area (Å²) in [6, 6.07) is 6.88. The average molecular weight is 348 g/mol. The van der Waals surface area contributed by atoms with E-state index in [0.29, 0.717) is 12.0 Å². The van der Waals surface area contributed by atoms with E-state index in [2.05, 4.69) is 42.3 Å². The van der Waals surface area contributed by atoms with E-state index < -0.39 is 0 Å². The third-order valence-corrected chi connectivity index (χ3v) is 5.44. The van der Waals surface area contributed by atoms with Crippen molar-refractivity contribution in [1.29, 1.82) is 0 Å². The van der Waals surface area contributed by atoms with Crippen LogP contribution < -0.4 is 20.7 Å². The Bertz CT molecular complexity index is 548. The zero-order valence-electron chi connectivity index (χ0n) is 15.8. The predicted molar refractivity (Wildman–Crippen MR) is 104 cm³/mol. The van der Waals surface area contributed by atoms with Gasteiger partial charge in [0, 0.05) is 37.4 Å². The summed E-state index contributed by atoms with van der Waals surface area (Å²) in [5.74, 6) is 1.63. The van der Waals surface area contributed by atoms with Crippen LogP contribution in [0.25, 0.3) is 0 Å². The first kappa shape index (κ1) is 18.3. The van der Waals surface area contributed by atoms with Gasteiger partial charge in [0.2, 0.25) is 0 Å². The van der Waals surface area contributed by atoms with Gasteiger partial charge in [-0.2, -0.15) is 0 Å². The first-order valence-electron chi connectivity index (χ1n) is 9.63. The molecule has 1 aliphatic carbocycles. The van der Waals surface area contributed by atoms with Crippen LogP contribution in [0.4, 0.5) is 11.4 Å². The molecule has 0 unspecified atom stereocenters. The summed E-state index contributed by atoms with van der Waals surface area (Å²) >= 11 is 0. The lowest BCUT2D eigenvalue weighted by molar-refractivity contribution is -0.00522. The molecule has 0 aromatic heterocycles. The van der Waals surface area contributed by atoms with Crippen LogP contribution in [0, 0.1) is 5.92 Å². The zero-order chi connectivity index (χ0) is 17.8. The highest BCUT2D eigenvalue weighted by Gasteiger charge is 2.23. The standard InChI is InChI=1S/C20H33N3O2/c1-14-12-23(13-15(2)25-14)18-8-9-19(20(10-18)24-3)22-11-16-4-6-17(21)7-5-16/h8-10,14-17,22H,4-7,11-13,21H2,1-3H3/t14-,15-,16?,17?/m1/s1. The number of rotatable bonds is 5. The third kappa shape index (κ3) is 4.79. The summed E-state index contributed by atoms with van der Waals surface area (Å²) in [6.07, 6.45) is 5.25. The van der Waals surface area contributed by atoms with Crippen LogP contribution >= 0.6 is 0 Å². The topological polar surface area (TPSA) is 59.8 Å². The lowest BCUT2D eigenvalue weighted by Gasteiger charge is -2.37. The molecule has 0 radical (unpaired) electrons. The minimum Gasteiger partial charge on any atom is -0.495 e. The van der Waals surface area contributed by atoms with Crippen molar-refractivity contribution < 1.29 is 9.47 Å². The number of hydrogen-bond donors (Lipinski definition) is 2. The van der Waals surface area contributed by atoms with Gasteiger partial charge < -0.3 is 25.4 Å². The molecule has 5 nitrogen and oxygen atoms in total. The van der Waals surface area contributed by atoms with Crippen molar-refractivity contribution in [2.45, 2.75) is 57.8 Å². The van der Waals surface area contributed by atoms with Gasteiger partial charge in [-0.1, -0.05) is 0 Å². The summed E-state index contributed by atoms with van der Waals surface area (Å²) in [7, 11) is 1.74. The number of hydrogen-bond acceptors (Lipinski definition) is 5. The van der Waals surface area contributed by atoms with Crippen LogP contribution in [-0.4, -0.2) is 45.0 Å². The van der Waals surface area contributed by atoms with E-state index >= 15 is 0 Å². The van der Waals surface area contributed by atoms with Gasteiger partial charge in [0.1, 0.15) is 5.75 Å². The molecule has 1 aromatic carbocycles. The van der Waals surface area contributed by atoms with Crippen LogP contribution in [-0.2, 0) is 4.74 Å². The van der Waals surface area contributed by atoms with Crippen LogP contribution in [0.2, 0.25) is 0 Å². The van der Waals surface area contributed by atoms with Crippen molar-refractivity contribution in [2.75, 3.05) is 37.0 Å². The quantitative estimate of drug-likeness (QED) is 0.856. The second kappa shape index (κ2) is 8.28. The fourth-order valence-electron chi connectivity index (χ4n) is 4.06. The Morgan fingerprint density at radius 3 is 2.48 bits per heavy atom. The van der Waals surface area contributed by atoms with Crippen molar-refractivity contribution >= 4 is 11.4 Å². The van der Waals surface area contributed by atoms with Crippen LogP contribution in [0.1, 0.15) is 39.5 Å². The summed E-state index contributed by atoms with van der Waals surface area (Å²) in [4.78, 5) is 2.38. The Labute approximate surface area is 151 Å². The molecule has 2 aliphatic rings. The fraction of sp³-hybridized carbons (Fsp3) is 0.700. The molecule has 0 bridgehead atoms. The molecular weight excluding hydrogens is 314 g/mol. The Morgan fingerprint density at radius 2 is 1.84 bits per heavy atom. The van der Waals surface area contributed by atoms with Gasteiger partial charge in [-0.3, -0.25) is 0 Å². The molecule has 25 heavy (non-hydrogen) atoms. The second-order valence-electron chi connectivity index (χ2n) is 7.71. The zero-order valence-corrected chi connectivity index (χ0v) is 15.8. The molecule has 0 spiro atoms. The van der Waals surface area contributed by atoms with E-state index in [4.69, 9.17) is 15.2 Å². The number of anilines is 2. The molecule has 1 saturated carbocycles. The highest BCUT2D eigenvalue weighted by molar-refractivity contribution is 5.65. The van der Waals surface area contributed by atoms with Gasteiger partial charge in [0.25, 0.3) is 0 Å². The van der Waals surface area contributed by atoms with Crippen LogP contribution in [0.5, 0.6) is 5.75 Å². The number of morpholine rings is 1. The third-order valence-electron chi connectivity index (χ3n) is 5.44. The number of nitrogens with one attached hydrogen (secondary N) is 1. The number of methoxy groups -OCH3 is 1. The molecule has 3 rings (SSSR count). The van der Waals surface area contributed by atoms with Crippen LogP contribution in [0.15, 0.2) is 18.2 Å². The smallest absolute Gasteiger partial charge is 0.144 e. The number of nitrogens with zero attached hydrogens (tertiary/aromatic N) is 1. The largest absolute Gasteiger partial charge is 0.495 e. The molecule has 1 saturated heterocycles. The Hall–Kier alpha value is -1.46. The lowest BCUT2D eigenvalue weighted by Crippen LogP contribution is -2.45. The second-order valence-corrected chi connectivity index (χ2v) is 7.71. The maximum Gasteiger partial charge on any atom is 0.144 e. The molecule has 1 aromatic rings. The van der Waals surface area contributed by atoms with Crippen molar-refractivity contribution in [3.63, 3.8) is 0 Å². The molecule has 1 aliphatic heterocycles. The van der Waals surface area contributed by atoms with Crippen molar-refractivity contribution in [1.82, 2.24) is 0 Å². The minimum atomic E-state index is 0.255. The van der Waals surface area contributed by atoms with E-state index in [1.54, 1.807) is 7.11 Å². The van der Waals surface area contributed by atoms with E-state index in [9.17, 15) is 0 Å². The molecule has 2 fully saturated rings. The fourth-order valence-corrected chi connectivity index (χ4v) is 4.06. The molecule has 2 atom stereocenters. The Balaban J connectivity index is 1.63. The number of nitrogens with two attached hydrogens (primary N) is 1. The molecule has 0 amide bonds. The number of ether oxygens (including phenoxy) is 2. The van der Waals surface area contributed by atoms with E-state index in [1.165, 1.54) is 18.5 Å². The van der Waals surface area contributed by atoms with E-state index in [0.717, 1.165) is 43.9 Å². The molecular formula is C20H33N3O2. The van der Waals surface area contributed by atoms with Crippen molar-refractivity contribution in [2.24, 2.45) is 11.7 Å². The maximum atomic E-state index is 6.00. The van der Waals surface area contributed by atoms with Gasteiger partial charge in [-0.25, -0.2) is 0 Å². The SMILES string of the molecule is COc1cc(N2C[C@@H](C)O[C@H](C)C2)ccc1NCC1CCC(N)CC1. The van der Waals surface area contributed by atoms with Gasteiger partial charge in [-0.05, 0) is 57.6 Å². The Kier molecular flexibility index (Phi) is 6.07. The van der Waals surface area contributed by atoms with Crippen molar-refractivity contribution in [3.8, 4) is 5.75 Å². The van der Waals surface area contributed by atoms with Gasteiger partial charge >= 0.3 is 0 Å². The molecule has 5 heteroatoms. The first-order chi connectivity index (χ1) is 12.0. The summed E-state index contributed by atoms with van der Waals surface area (Å²) < 4.78 is 11.5.